The number of unbranched alkanes of at least 4 members (excludes halogenated alkanes) is 4. The molecule has 0 aromatic rings. The van der Waals surface area contributed by atoms with E-state index in [1.165, 1.54) is 64.6 Å². The molecule has 1 saturated heterocycles. The SMILES string of the molecule is CCCCCCCN1CC(CC)(CC)NCC1C(C)C. The van der Waals surface area contributed by atoms with Crippen LogP contribution in [0, 0.1) is 5.92 Å². The number of piperazine rings is 1. The zero-order chi connectivity index (χ0) is 15.0. The van der Waals surface area contributed by atoms with Gasteiger partial charge in [-0.05, 0) is 31.7 Å². The summed E-state index contributed by atoms with van der Waals surface area (Å²) in [6.07, 6.45) is 9.46. The summed E-state index contributed by atoms with van der Waals surface area (Å²) in [7, 11) is 0. The van der Waals surface area contributed by atoms with Gasteiger partial charge in [0.05, 0.1) is 0 Å². The van der Waals surface area contributed by atoms with Crippen molar-refractivity contribution in [3.8, 4) is 0 Å². The highest BCUT2D eigenvalue weighted by Crippen LogP contribution is 2.26. The predicted molar refractivity (Wildman–Crippen MR) is 90.3 cm³/mol. The van der Waals surface area contributed by atoms with E-state index in [1.54, 1.807) is 0 Å². The average Bonchev–Trinajstić information content (AvgIpc) is 2.46. The number of hydrogen-bond acceptors (Lipinski definition) is 2. The number of nitrogens with zero attached hydrogens (tertiary/aromatic N) is 1. The van der Waals surface area contributed by atoms with E-state index in [2.05, 4.69) is 44.8 Å². The van der Waals surface area contributed by atoms with Gasteiger partial charge >= 0.3 is 0 Å². The van der Waals surface area contributed by atoms with Gasteiger partial charge < -0.3 is 5.32 Å². The molecule has 1 aliphatic heterocycles. The smallest absolute Gasteiger partial charge is 0.0304 e. The second kappa shape index (κ2) is 9.04. The Morgan fingerprint density at radius 1 is 1.05 bits per heavy atom. The molecule has 1 N–H and O–H groups in total. The summed E-state index contributed by atoms with van der Waals surface area (Å²) in [4.78, 5) is 2.79. The Morgan fingerprint density at radius 3 is 2.25 bits per heavy atom. The molecule has 1 aliphatic rings. The third-order valence-corrected chi connectivity index (χ3v) is 5.33. The normalized spacial score (nSPS) is 23.4. The fourth-order valence-electron chi connectivity index (χ4n) is 3.56. The molecule has 1 heterocycles. The van der Waals surface area contributed by atoms with Gasteiger partial charge in [0.1, 0.15) is 0 Å². The fourth-order valence-corrected chi connectivity index (χ4v) is 3.56. The number of rotatable bonds is 9. The first-order valence-corrected chi connectivity index (χ1v) is 9.07. The minimum Gasteiger partial charge on any atom is -0.308 e. The van der Waals surface area contributed by atoms with E-state index < -0.39 is 0 Å². The first-order valence-electron chi connectivity index (χ1n) is 9.07. The third-order valence-electron chi connectivity index (χ3n) is 5.33. The summed E-state index contributed by atoms with van der Waals surface area (Å²) < 4.78 is 0. The Balaban J connectivity index is 2.51. The Bertz CT molecular complexity index is 246. The van der Waals surface area contributed by atoms with Crippen molar-refractivity contribution in [3.05, 3.63) is 0 Å². The van der Waals surface area contributed by atoms with Gasteiger partial charge in [-0.15, -0.1) is 0 Å². The summed E-state index contributed by atoms with van der Waals surface area (Å²) in [6, 6.07) is 0.729. The van der Waals surface area contributed by atoms with Crippen LogP contribution in [-0.4, -0.2) is 36.1 Å². The van der Waals surface area contributed by atoms with Crippen molar-refractivity contribution < 1.29 is 0 Å². The van der Waals surface area contributed by atoms with Gasteiger partial charge in [-0.1, -0.05) is 60.3 Å². The molecule has 0 amide bonds. The van der Waals surface area contributed by atoms with Crippen LogP contribution < -0.4 is 5.32 Å². The van der Waals surface area contributed by atoms with Crippen LogP contribution in [0.2, 0.25) is 0 Å². The zero-order valence-corrected chi connectivity index (χ0v) is 14.7. The van der Waals surface area contributed by atoms with Crippen molar-refractivity contribution >= 4 is 0 Å². The predicted octanol–water partition coefficient (Wildman–Crippen LogP) is 4.45. The maximum atomic E-state index is 3.86. The van der Waals surface area contributed by atoms with Gasteiger partial charge in [0.15, 0.2) is 0 Å². The van der Waals surface area contributed by atoms with Crippen LogP contribution >= 0.6 is 0 Å². The minimum atomic E-state index is 0.370. The molecular weight excluding hydrogens is 244 g/mol. The summed E-state index contributed by atoms with van der Waals surface area (Å²) in [6.45, 7) is 15.4. The molecule has 0 aromatic carbocycles. The largest absolute Gasteiger partial charge is 0.308 e. The van der Waals surface area contributed by atoms with Gasteiger partial charge in [0, 0.05) is 24.7 Å². The topological polar surface area (TPSA) is 15.3 Å². The molecule has 0 aromatic heterocycles. The first kappa shape index (κ1) is 18.0. The van der Waals surface area contributed by atoms with E-state index in [9.17, 15) is 0 Å². The molecule has 0 saturated carbocycles. The van der Waals surface area contributed by atoms with Crippen LogP contribution in [0.1, 0.15) is 79.6 Å². The molecule has 120 valence electrons. The maximum absolute atomic E-state index is 3.86. The number of hydrogen-bond donors (Lipinski definition) is 1. The van der Waals surface area contributed by atoms with Crippen molar-refractivity contribution in [2.75, 3.05) is 19.6 Å². The Labute approximate surface area is 127 Å². The lowest BCUT2D eigenvalue weighted by atomic mass is 9.86. The van der Waals surface area contributed by atoms with E-state index in [-0.39, 0.29) is 0 Å². The molecule has 2 heteroatoms. The monoisotopic (exact) mass is 282 g/mol. The molecule has 0 aliphatic carbocycles. The summed E-state index contributed by atoms with van der Waals surface area (Å²) >= 11 is 0. The Kier molecular flexibility index (Phi) is 8.13. The van der Waals surface area contributed by atoms with E-state index in [0.29, 0.717) is 5.54 Å². The lowest BCUT2D eigenvalue weighted by Gasteiger charge is -2.49. The van der Waals surface area contributed by atoms with Crippen LogP contribution in [0.4, 0.5) is 0 Å². The zero-order valence-electron chi connectivity index (χ0n) is 14.7. The van der Waals surface area contributed by atoms with Crippen molar-refractivity contribution in [1.82, 2.24) is 10.2 Å². The van der Waals surface area contributed by atoms with Crippen molar-refractivity contribution in [3.63, 3.8) is 0 Å². The molecule has 1 fully saturated rings. The summed E-state index contributed by atoms with van der Waals surface area (Å²) in [5.74, 6) is 0.754. The maximum Gasteiger partial charge on any atom is 0.0304 e. The van der Waals surface area contributed by atoms with Gasteiger partial charge in [-0.2, -0.15) is 0 Å². The van der Waals surface area contributed by atoms with E-state index in [1.807, 2.05) is 0 Å². The summed E-state index contributed by atoms with van der Waals surface area (Å²) in [5.41, 5.74) is 0.370. The van der Waals surface area contributed by atoms with Gasteiger partial charge in [-0.3, -0.25) is 4.90 Å². The molecule has 20 heavy (non-hydrogen) atoms. The lowest BCUT2D eigenvalue weighted by molar-refractivity contribution is 0.0491. The number of nitrogens with one attached hydrogen (secondary N) is 1. The van der Waals surface area contributed by atoms with Crippen molar-refractivity contribution in [2.24, 2.45) is 5.92 Å². The highest BCUT2D eigenvalue weighted by atomic mass is 15.3. The second-order valence-electron chi connectivity index (χ2n) is 7.06. The molecule has 1 rings (SSSR count). The van der Waals surface area contributed by atoms with Crippen LogP contribution in [0.3, 0.4) is 0 Å². The molecule has 0 spiro atoms. The first-order chi connectivity index (χ1) is 9.58. The van der Waals surface area contributed by atoms with Crippen LogP contribution in [-0.2, 0) is 0 Å². The third kappa shape index (κ3) is 5.04. The minimum absolute atomic E-state index is 0.370. The fraction of sp³-hybridized carbons (Fsp3) is 1.00. The van der Waals surface area contributed by atoms with Crippen LogP contribution in [0.5, 0.6) is 0 Å². The van der Waals surface area contributed by atoms with Crippen LogP contribution in [0.15, 0.2) is 0 Å². The Hall–Kier alpha value is -0.0800. The quantitative estimate of drug-likeness (QED) is 0.629. The van der Waals surface area contributed by atoms with Crippen molar-refractivity contribution in [1.29, 1.82) is 0 Å². The molecule has 0 bridgehead atoms. The van der Waals surface area contributed by atoms with Crippen molar-refractivity contribution in [2.45, 2.75) is 91.1 Å². The van der Waals surface area contributed by atoms with Gasteiger partial charge in [-0.25, -0.2) is 0 Å². The highest BCUT2D eigenvalue weighted by Gasteiger charge is 2.37. The molecule has 0 radical (unpaired) electrons. The van der Waals surface area contributed by atoms with E-state index >= 15 is 0 Å². The van der Waals surface area contributed by atoms with Gasteiger partial charge in [0.25, 0.3) is 0 Å². The molecule has 2 nitrogen and oxygen atoms in total. The second-order valence-corrected chi connectivity index (χ2v) is 7.06. The lowest BCUT2D eigenvalue weighted by Crippen LogP contribution is -2.65. The molecule has 1 unspecified atom stereocenters. The Morgan fingerprint density at radius 2 is 1.70 bits per heavy atom. The standard InChI is InChI=1S/C18H38N2/c1-6-9-10-11-12-13-20-15-18(7-2,8-3)19-14-17(20)16(4)5/h16-17,19H,6-15H2,1-5H3. The summed E-state index contributed by atoms with van der Waals surface area (Å²) in [5, 5.41) is 3.86. The van der Waals surface area contributed by atoms with Crippen LogP contribution in [0.25, 0.3) is 0 Å². The molecule has 1 atom stereocenters. The van der Waals surface area contributed by atoms with Gasteiger partial charge in [0.2, 0.25) is 0 Å². The van der Waals surface area contributed by atoms with E-state index in [4.69, 9.17) is 0 Å². The van der Waals surface area contributed by atoms with E-state index in [0.717, 1.165) is 12.0 Å². The average molecular weight is 283 g/mol. The highest BCUT2D eigenvalue weighted by molar-refractivity contribution is 4.97. The molecular formula is C18H38N2.